The fourth-order valence-electron chi connectivity index (χ4n) is 2.00. The minimum absolute atomic E-state index is 0.310. The Bertz CT molecular complexity index is 510. The highest BCUT2D eigenvalue weighted by molar-refractivity contribution is 9.10. The van der Waals surface area contributed by atoms with Gasteiger partial charge in [0.25, 0.3) is 0 Å². The second kappa shape index (κ2) is 6.37. The molecule has 0 saturated heterocycles. The Labute approximate surface area is 121 Å². The lowest BCUT2D eigenvalue weighted by molar-refractivity contribution is 0.694. The molecule has 1 nitrogen and oxygen atoms in total. The summed E-state index contributed by atoms with van der Waals surface area (Å²) in [6.07, 6.45) is 0.935. The number of hydrogen-bond acceptors (Lipinski definition) is 1. The summed E-state index contributed by atoms with van der Waals surface area (Å²) in [7, 11) is 0. The van der Waals surface area contributed by atoms with Gasteiger partial charge < -0.3 is 5.73 Å². The number of rotatable bonds is 4. The van der Waals surface area contributed by atoms with Crippen molar-refractivity contribution in [3.05, 3.63) is 69.2 Å². The Balaban J connectivity index is 2.17. The van der Waals surface area contributed by atoms with Crippen LogP contribution in [0.5, 0.6) is 0 Å². The molecule has 2 N–H and O–H groups in total. The summed E-state index contributed by atoms with van der Waals surface area (Å²) in [5, 5.41) is 0.766. The van der Waals surface area contributed by atoms with Crippen LogP contribution < -0.4 is 5.73 Å². The number of nitrogens with two attached hydrogens (primary N) is 1. The molecule has 3 heteroatoms. The predicted molar refractivity (Wildman–Crippen MR) is 81.1 cm³/mol. The molecule has 1 unspecified atom stereocenters. The summed E-state index contributed by atoms with van der Waals surface area (Å²) >= 11 is 9.46. The van der Waals surface area contributed by atoms with Crippen LogP contribution in [0.25, 0.3) is 0 Å². The van der Waals surface area contributed by atoms with Gasteiger partial charge in [0, 0.05) is 15.4 Å². The van der Waals surface area contributed by atoms with Gasteiger partial charge in [-0.1, -0.05) is 51.8 Å². The third-order valence-corrected chi connectivity index (χ3v) is 3.76. The molecule has 0 aliphatic rings. The zero-order valence-electron chi connectivity index (χ0n) is 9.94. The minimum Gasteiger partial charge on any atom is -0.330 e. The number of benzene rings is 2. The molecule has 2 aromatic rings. The van der Waals surface area contributed by atoms with Crippen molar-refractivity contribution in [1.29, 1.82) is 0 Å². The summed E-state index contributed by atoms with van der Waals surface area (Å²) in [6.45, 7) is 0.621. The molecule has 0 radical (unpaired) electrons. The van der Waals surface area contributed by atoms with Crippen LogP contribution >= 0.6 is 27.5 Å². The topological polar surface area (TPSA) is 26.0 Å². The molecule has 2 aromatic carbocycles. The number of halogens is 2. The van der Waals surface area contributed by atoms with E-state index in [1.807, 2.05) is 18.2 Å². The van der Waals surface area contributed by atoms with E-state index >= 15 is 0 Å². The van der Waals surface area contributed by atoms with Crippen molar-refractivity contribution < 1.29 is 0 Å². The number of hydrogen-bond donors (Lipinski definition) is 1. The maximum absolute atomic E-state index is 6.02. The van der Waals surface area contributed by atoms with E-state index in [2.05, 4.69) is 46.3 Å². The molecule has 2 rings (SSSR count). The molecular formula is C15H15BrClN. The van der Waals surface area contributed by atoms with Crippen LogP contribution in [-0.4, -0.2) is 6.54 Å². The standard InChI is InChI=1S/C15H15BrClN/c16-14-6-4-11(5-7-14)8-13(10-18)12-2-1-3-15(17)9-12/h1-7,9,13H,8,10,18H2. The maximum atomic E-state index is 6.02. The third-order valence-electron chi connectivity index (χ3n) is 3.00. The van der Waals surface area contributed by atoms with E-state index in [1.54, 1.807) is 0 Å². The van der Waals surface area contributed by atoms with Gasteiger partial charge in [0.1, 0.15) is 0 Å². The van der Waals surface area contributed by atoms with E-state index in [9.17, 15) is 0 Å². The van der Waals surface area contributed by atoms with Crippen LogP contribution in [0.1, 0.15) is 17.0 Å². The lowest BCUT2D eigenvalue weighted by Gasteiger charge is -2.15. The summed E-state index contributed by atoms with van der Waals surface area (Å²) in [5.41, 5.74) is 8.37. The predicted octanol–water partition coefficient (Wildman–Crippen LogP) is 4.39. The second-order valence-corrected chi connectivity index (χ2v) is 5.67. The Kier molecular flexibility index (Phi) is 4.81. The van der Waals surface area contributed by atoms with Crippen LogP contribution in [0.4, 0.5) is 0 Å². The Morgan fingerprint density at radius 2 is 1.83 bits per heavy atom. The van der Waals surface area contributed by atoms with Gasteiger partial charge >= 0.3 is 0 Å². The first-order chi connectivity index (χ1) is 8.69. The normalized spacial score (nSPS) is 12.4. The SMILES string of the molecule is NCC(Cc1ccc(Br)cc1)c1cccc(Cl)c1. The van der Waals surface area contributed by atoms with Crippen molar-refractivity contribution in [2.75, 3.05) is 6.54 Å². The zero-order chi connectivity index (χ0) is 13.0. The van der Waals surface area contributed by atoms with Crippen molar-refractivity contribution in [3.63, 3.8) is 0 Å². The van der Waals surface area contributed by atoms with Crippen LogP contribution in [0, 0.1) is 0 Å². The molecule has 1 atom stereocenters. The molecule has 0 heterocycles. The van der Waals surface area contributed by atoms with Gasteiger partial charge in [-0.15, -0.1) is 0 Å². The molecule has 94 valence electrons. The van der Waals surface area contributed by atoms with E-state index < -0.39 is 0 Å². The minimum atomic E-state index is 0.310. The Hall–Kier alpha value is -0.830. The summed E-state index contributed by atoms with van der Waals surface area (Å²) in [5.74, 6) is 0.310. The zero-order valence-corrected chi connectivity index (χ0v) is 12.3. The summed E-state index contributed by atoms with van der Waals surface area (Å²) in [4.78, 5) is 0. The maximum Gasteiger partial charge on any atom is 0.0408 e. The van der Waals surface area contributed by atoms with E-state index in [1.165, 1.54) is 11.1 Å². The first kappa shape index (κ1) is 13.6. The fraction of sp³-hybridized carbons (Fsp3) is 0.200. The quantitative estimate of drug-likeness (QED) is 0.887. The van der Waals surface area contributed by atoms with Gasteiger partial charge in [0.2, 0.25) is 0 Å². The third kappa shape index (κ3) is 3.58. The average Bonchev–Trinajstić information content (AvgIpc) is 2.38. The van der Waals surface area contributed by atoms with E-state index in [0.29, 0.717) is 12.5 Å². The van der Waals surface area contributed by atoms with Crippen LogP contribution in [-0.2, 0) is 6.42 Å². The highest BCUT2D eigenvalue weighted by Crippen LogP contribution is 2.23. The molecular weight excluding hydrogens is 310 g/mol. The highest BCUT2D eigenvalue weighted by atomic mass is 79.9. The van der Waals surface area contributed by atoms with Gasteiger partial charge in [-0.3, -0.25) is 0 Å². The first-order valence-electron chi connectivity index (χ1n) is 5.89. The molecule has 0 spiro atoms. The summed E-state index contributed by atoms with van der Waals surface area (Å²) < 4.78 is 1.10. The molecule has 0 saturated carbocycles. The van der Waals surface area contributed by atoms with Crippen molar-refractivity contribution in [3.8, 4) is 0 Å². The molecule has 0 bridgehead atoms. The van der Waals surface area contributed by atoms with E-state index in [4.69, 9.17) is 17.3 Å². The first-order valence-corrected chi connectivity index (χ1v) is 7.06. The molecule has 18 heavy (non-hydrogen) atoms. The van der Waals surface area contributed by atoms with Gasteiger partial charge in [-0.05, 0) is 48.4 Å². The van der Waals surface area contributed by atoms with Crippen LogP contribution in [0.15, 0.2) is 53.0 Å². The lowest BCUT2D eigenvalue weighted by Crippen LogP contribution is -2.15. The van der Waals surface area contributed by atoms with Gasteiger partial charge in [0.15, 0.2) is 0 Å². The van der Waals surface area contributed by atoms with Crippen molar-refractivity contribution in [2.24, 2.45) is 5.73 Å². The molecule has 0 aliphatic carbocycles. The Morgan fingerprint density at radius 3 is 2.44 bits per heavy atom. The highest BCUT2D eigenvalue weighted by Gasteiger charge is 2.11. The fourth-order valence-corrected chi connectivity index (χ4v) is 2.47. The molecule has 0 fully saturated rings. The van der Waals surface area contributed by atoms with E-state index in [-0.39, 0.29) is 0 Å². The van der Waals surface area contributed by atoms with Crippen molar-refractivity contribution >= 4 is 27.5 Å². The molecule has 0 amide bonds. The Morgan fingerprint density at radius 1 is 1.11 bits per heavy atom. The largest absolute Gasteiger partial charge is 0.330 e. The van der Waals surface area contributed by atoms with E-state index in [0.717, 1.165) is 15.9 Å². The van der Waals surface area contributed by atoms with Gasteiger partial charge in [-0.25, -0.2) is 0 Å². The summed E-state index contributed by atoms with van der Waals surface area (Å²) in [6, 6.07) is 16.3. The molecule has 0 aliphatic heterocycles. The van der Waals surface area contributed by atoms with Gasteiger partial charge in [-0.2, -0.15) is 0 Å². The van der Waals surface area contributed by atoms with Crippen molar-refractivity contribution in [1.82, 2.24) is 0 Å². The van der Waals surface area contributed by atoms with Crippen LogP contribution in [0.2, 0.25) is 5.02 Å². The monoisotopic (exact) mass is 323 g/mol. The van der Waals surface area contributed by atoms with Crippen molar-refractivity contribution in [2.45, 2.75) is 12.3 Å². The lowest BCUT2D eigenvalue weighted by atomic mass is 9.92. The second-order valence-electron chi connectivity index (χ2n) is 4.32. The average molecular weight is 325 g/mol. The van der Waals surface area contributed by atoms with Gasteiger partial charge in [0.05, 0.1) is 0 Å². The van der Waals surface area contributed by atoms with Crippen LogP contribution in [0.3, 0.4) is 0 Å². The smallest absolute Gasteiger partial charge is 0.0408 e. The molecule has 0 aromatic heterocycles.